The second-order valence-electron chi connectivity index (χ2n) is 5.82. The Balaban J connectivity index is 1.61. The van der Waals surface area contributed by atoms with E-state index in [0.717, 1.165) is 37.6 Å². The third-order valence-electron chi connectivity index (χ3n) is 4.27. The van der Waals surface area contributed by atoms with E-state index >= 15 is 0 Å². The molecule has 0 bridgehead atoms. The van der Waals surface area contributed by atoms with Gasteiger partial charge in [-0.3, -0.25) is 4.90 Å². The molecule has 120 valence electrons. The van der Waals surface area contributed by atoms with Crippen molar-refractivity contribution in [3.05, 3.63) is 59.8 Å². The monoisotopic (exact) mass is 316 g/mol. The Bertz CT molecular complexity index is 775. The number of aromatic nitrogens is 1. The molecule has 0 saturated carbocycles. The van der Waals surface area contributed by atoms with E-state index in [0.29, 0.717) is 5.56 Å². The van der Waals surface area contributed by atoms with E-state index in [4.69, 9.17) is 0 Å². The van der Waals surface area contributed by atoms with Crippen molar-refractivity contribution in [3.8, 4) is 17.9 Å². The molecule has 1 aromatic heterocycles. The highest BCUT2D eigenvalue weighted by molar-refractivity contribution is 5.53. The van der Waals surface area contributed by atoms with Crippen LogP contribution in [0.4, 0.5) is 5.82 Å². The number of pyridine rings is 1. The van der Waals surface area contributed by atoms with Gasteiger partial charge in [-0.15, -0.1) is 0 Å². The molecule has 1 saturated heterocycles. The topological polar surface area (TPSA) is 43.2 Å². The van der Waals surface area contributed by atoms with E-state index in [1.807, 2.05) is 36.4 Å². The van der Waals surface area contributed by atoms with E-state index in [-0.39, 0.29) is 6.04 Å². The summed E-state index contributed by atoms with van der Waals surface area (Å²) in [5.74, 6) is 7.37. The Morgan fingerprint density at radius 1 is 1.04 bits per heavy atom. The summed E-state index contributed by atoms with van der Waals surface area (Å²) < 4.78 is 0. The quantitative estimate of drug-likeness (QED) is 0.799. The number of benzene rings is 1. The summed E-state index contributed by atoms with van der Waals surface area (Å²) in [4.78, 5) is 8.94. The average molecular weight is 316 g/mol. The lowest BCUT2D eigenvalue weighted by Crippen LogP contribution is -2.49. The lowest BCUT2D eigenvalue weighted by molar-refractivity contribution is 0.232. The number of anilines is 1. The molecule has 4 nitrogen and oxygen atoms in total. The molecule has 1 unspecified atom stereocenters. The Morgan fingerprint density at radius 2 is 1.79 bits per heavy atom. The van der Waals surface area contributed by atoms with Crippen LogP contribution in [-0.4, -0.2) is 42.1 Å². The van der Waals surface area contributed by atoms with Gasteiger partial charge in [0.25, 0.3) is 0 Å². The van der Waals surface area contributed by atoms with E-state index < -0.39 is 0 Å². The fourth-order valence-electron chi connectivity index (χ4n) is 2.86. The van der Waals surface area contributed by atoms with Crippen LogP contribution in [0.2, 0.25) is 0 Å². The molecule has 1 fully saturated rings. The normalized spacial score (nSPS) is 15.9. The molecule has 2 aromatic rings. The van der Waals surface area contributed by atoms with E-state index in [1.54, 1.807) is 12.3 Å². The van der Waals surface area contributed by atoms with Crippen molar-refractivity contribution in [2.45, 2.75) is 13.0 Å². The summed E-state index contributed by atoms with van der Waals surface area (Å²) in [6.07, 6.45) is 1.75. The maximum atomic E-state index is 9.22. The minimum absolute atomic E-state index is 0.214. The minimum atomic E-state index is 0.214. The summed E-state index contributed by atoms with van der Waals surface area (Å²) in [5.41, 5.74) is 1.69. The molecular weight excluding hydrogens is 296 g/mol. The molecule has 1 atom stereocenters. The maximum absolute atomic E-state index is 9.22. The molecule has 24 heavy (non-hydrogen) atoms. The fourth-order valence-corrected chi connectivity index (χ4v) is 2.86. The molecule has 4 heteroatoms. The molecule has 0 radical (unpaired) electrons. The Labute approximate surface area is 143 Å². The number of piperazine rings is 1. The van der Waals surface area contributed by atoms with Crippen molar-refractivity contribution < 1.29 is 0 Å². The highest BCUT2D eigenvalue weighted by Crippen LogP contribution is 2.18. The van der Waals surface area contributed by atoms with Crippen LogP contribution in [0.25, 0.3) is 0 Å². The number of rotatable bonds is 2. The van der Waals surface area contributed by atoms with Gasteiger partial charge in [0.15, 0.2) is 0 Å². The molecule has 0 N–H and O–H groups in total. The first-order chi connectivity index (χ1) is 11.8. The van der Waals surface area contributed by atoms with Gasteiger partial charge in [-0.05, 0) is 31.2 Å². The smallest absolute Gasteiger partial charge is 0.146 e. The van der Waals surface area contributed by atoms with Gasteiger partial charge in [0, 0.05) is 37.9 Å². The number of hydrogen-bond acceptors (Lipinski definition) is 4. The Morgan fingerprint density at radius 3 is 2.50 bits per heavy atom. The lowest BCUT2D eigenvalue weighted by atomic mass is 10.2. The second kappa shape index (κ2) is 7.64. The van der Waals surface area contributed by atoms with Crippen LogP contribution in [0.3, 0.4) is 0 Å². The predicted molar refractivity (Wildman–Crippen MR) is 95.5 cm³/mol. The maximum Gasteiger partial charge on any atom is 0.146 e. The summed E-state index contributed by atoms with van der Waals surface area (Å²) >= 11 is 0. The van der Waals surface area contributed by atoms with Crippen LogP contribution in [-0.2, 0) is 0 Å². The zero-order valence-corrected chi connectivity index (χ0v) is 13.8. The summed E-state index contributed by atoms with van der Waals surface area (Å²) in [7, 11) is 0. The van der Waals surface area contributed by atoms with Crippen LogP contribution in [0.1, 0.15) is 18.1 Å². The standard InChI is InChI=1S/C20H20N4/c1-17(9-10-18-6-3-2-4-7-18)23-12-14-24(15-13-23)20-19(16-21)8-5-11-22-20/h2-8,11,17H,12-15H2,1H3. The van der Waals surface area contributed by atoms with Gasteiger partial charge < -0.3 is 4.90 Å². The largest absolute Gasteiger partial charge is 0.353 e. The molecule has 0 aliphatic carbocycles. The van der Waals surface area contributed by atoms with E-state index in [2.05, 4.69) is 39.6 Å². The Kier molecular flexibility index (Phi) is 5.11. The van der Waals surface area contributed by atoms with Crippen LogP contribution >= 0.6 is 0 Å². The highest BCUT2D eigenvalue weighted by Gasteiger charge is 2.22. The van der Waals surface area contributed by atoms with Crippen molar-refractivity contribution in [2.24, 2.45) is 0 Å². The van der Waals surface area contributed by atoms with Crippen molar-refractivity contribution in [3.63, 3.8) is 0 Å². The third-order valence-corrected chi connectivity index (χ3v) is 4.27. The van der Waals surface area contributed by atoms with Gasteiger partial charge in [-0.25, -0.2) is 4.98 Å². The zero-order valence-electron chi connectivity index (χ0n) is 13.8. The van der Waals surface area contributed by atoms with Gasteiger partial charge in [-0.1, -0.05) is 30.0 Å². The zero-order chi connectivity index (χ0) is 16.8. The first-order valence-electron chi connectivity index (χ1n) is 8.18. The second-order valence-corrected chi connectivity index (χ2v) is 5.82. The van der Waals surface area contributed by atoms with Crippen molar-refractivity contribution in [1.29, 1.82) is 5.26 Å². The fraction of sp³-hybridized carbons (Fsp3) is 0.300. The van der Waals surface area contributed by atoms with Crippen LogP contribution in [0.15, 0.2) is 48.7 Å². The molecule has 0 amide bonds. The lowest BCUT2D eigenvalue weighted by Gasteiger charge is -2.37. The third kappa shape index (κ3) is 3.74. The van der Waals surface area contributed by atoms with E-state index in [9.17, 15) is 5.26 Å². The van der Waals surface area contributed by atoms with Gasteiger partial charge in [0.2, 0.25) is 0 Å². The number of nitrogens with zero attached hydrogens (tertiary/aromatic N) is 4. The minimum Gasteiger partial charge on any atom is -0.353 e. The highest BCUT2D eigenvalue weighted by atomic mass is 15.3. The number of nitriles is 1. The predicted octanol–water partition coefficient (Wildman–Crippen LogP) is 2.52. The number of hydrogen-bond donors (Lipinski definition) is 0. The van der Waals surface area contributed by atoms with Crippen molar-refractivity contribution in [1.82, 2.24) is 9.88 Å². The van der Waals surface area contributed by atoms with Gasteiger partial charge in [-0.2, -0.15) is 5.26 Å². The molecule has 2 heterocycles. The summed E-state index contributed by atoms with van der Waals surface area (Å²) in [6, 6.07) is 16.1. The molecule has 1 aliphatic rings. The molecule has 1 aromatic carbocycles. The molecule has 3 rings (SSSR count). The van der Waals surface area contributed by atoms with Gasteiger partial charge >= 0.3 is 0 Å². The van der Waals surface area contributed by atoms with Crippen LogP contribution in [0, 0.1) is 23.2 Å². The van der Waals surface area contributed by atoms with Crippen molar-refractivity contribution >= 4 is 5.82 Å². The Hall–Kier alpha value is -2.82. The SMILES string of the molecule is CC(C#Cc1ccccc1)N1CCN(c2ncccc2C#N)CC1. The molecule has 1 aliphatic heterocycles. The van der Waals surface area contributed by atoms with Crippen molar-refractivity contribution in [2.75, 3.05) is 31.1 Å². The molecular formula is C20H20N4. The van der Waals surface area contributed by atoms with Gasteiger partial charge in [0.1, 0.15) is 11.9 Å². The van der Waals surface area contributed by atoms with Gasteiger partial charge in [0.05, 0.1) is 11.6 Å². The van der Waals surface area contributed by atoms with Crippen LogP contribution in [0.5, 0.6) is 0 Å². The first-order valence-corrected chi connectivity index (χ1v) is 8.18. The van der Waals surface area contributed by atoms with Crippen LogP contribution < -0.4 is 4.90 Å². The first kappa shape index (κ1) is 16.1. The molecule has 0 spiro atoms. The summed E-state index contributed by atoms with van der Waals surface area (Å²) in [5, 5.41) is 9.22. The summed E-state index contributed by atoms with van der Waals surface area (Å²) in [6.45, 7) is 5.72. The average Bonchev–Trinajstić information content (AvgIpc) is 2.67. The van der Waals surface area contributed by atoms with E-state index in [1.165, 1.54) is 0 Å².